The number of carbonyl (C=O) groups is 1. The molecular weight excluding hydrogens is 317 g/mol. The van der Waals surface area contributed by atoms with Crippen molar-refractivity contribution in [3.63, 3.8) is 0 Å². The fourth-order valence-corrected chi connectivity index (χ4v) is 2.50. The summed E-state index contributed by atoms with van der Waals surface area (Å²) < 4.78 is 14.6. The highest BCUT2D eigenvalue weighted by Crippen LogP contribution is 2.24. The van der Waals surface area contributed by atoms with E-state index in [1.54, 1.807) is 12.1 Å². The number of ketones is 1. The molecule has 2 N–H and O–H groups in total. The van der Waals surface area contributed by atoms with E-state index in [1.807, 2.05) is 19.1 Å². The van der Waals surface area contributed by atoms with E-state index in [-0.39, 0.29) is 16.6 Å². The summed E-state index contributed by atoms with van der Waals surface area (Å²) in [5, 5.41) is 4.08. The molecule has 4 nitrogen and oxygen atoms in total. The first-order chi connectivity index (χ1) is 11.0. The summed E-state index contributed by atoms with van der Waals surface area (Å²) in [4.78, 5) is 12.6. The molecule has 0 atom stereocenters. The number of hydrogen-bond acceptors (Lipinski definition) is 3. The summed E-state index contributed by atoms with van der Waals surface area (Å²) >= 11 is 5.78. The molecule has 2 aromatic carbocycles. The average molecular weight is 330 g/mol. The number of anilines is 1. The van der Waals surface area contributed by atoms with Gasteiger partial charge in [-0.15, -0.1) is 0 Å². The summed E-state index contributed by atoms with van der Waals surface area (Å²) in [5.74, 6) is -0.557. The number of aromatic nitrogens is 2. The van der Waals surface area contributed by atoms with Crippen molar-refractivity contribution in [3.8, 4) is 5.69 Å². The second kappa shape index (κ2) is 5.85. The van der Waals surface area contributed by atoms with Crippen LogP contribution in [0.1, 0.15) is 21.5 Å². The van der Waals surface area contributed by atoms with Crippen molar-refractivity contribution in [2.24, 2.45) is 0 Å². The second-order valence-electron chi connectivity index (χ2n) is 5.10. The van der Waals surface area contributed by atoms with Crippen LogP contribution in [-0.4, -0.2) is 15.6 Å². The Morgan fingerprint density at radius 2 is 1.96 bits per heavy atom. The first-order valence-corrected chi connectivity index (χ1v) is 7.26. The topological polar surface area (TPSA) is 60.9 Å². The Labute approximate surface area is 137 Å². The maximum absolute atomic E-state index is 13.3. The van der Waals surface area contributed by atoms with Gasteiger partial charge in [0.15, 0.2) is 5.78 Å². The Morgan fingerprint density at radius 1 is 1.22 bits per heavy atom. The van der Waals surface area contributed by atoms with Gasteiger partial charge in [-0.1, -0.05) is 35.9 Å². The molecule has 0 bridgehead atoms. The number of hydrogen-bond donors (Lipinski definition) is 1. The number of aryl methyl sites for hydroxylation is 1. The number of benzene rings is 2. The number of carbonyl (C=O) groups excluding carboxylic acids is 1. The van der Waals surface area contributed by atoms with Gasteiger partial charge in [0.25, 0.3) is 0 Å². The minimum absolute atomic E-state index is 0.0378. The van der Waals surface area contributed by atoms with E-state index in [0.717, 1.165) is 5.56 Å². The fourth-order valence-electron chi connectivity index (χ4n) is 2.33. The molecule has 0 aliphatic carbocycles. The van der Waals surface area contributed by atoms with Crippen molar-refractivity contribution in [2.45, 2.75) is 6.92 Å². The normalized spacial score (nSPS) is 10.7. The minimum Gasteiger partial charge on any atom is -0.383 e. The van der Waals surface area contributed by atoms with Gasteiger partial charge in [-0.3, -0.25) is 4.79 Å². The van der Waals surface area contributed by atoms with Crippen LogP contribution in [0, 0.1) is 12.7 Å². The fraction of sp³-hybridized carbons (Fsp3) is 0.0588. The highest BCUT2D eigenvalue weighted by atomic mass is 35.5. The SMILES string of the molecule is Cc1ccccc1C(=O)c1cnn(-c2ccc(F)c(Cl)c2)c1N. The number of nitrogens with two attached hydrogens (primary N) is 1. The van der Waals surface area contributed by atoms with Gasteiger partial charge in [-0.25, -0.2) is 9.07 Å². The molecule has 0 saturated heterocycles. The molecule has 0 radical (unpaired) electrons. The number of nitrogens with zero attached hydrogens (tertiary/aromatic N) is 2. The lowest BCUT2D eigenvalue weighted by atomic mass is 10.0. The zero-order valence-corrected chi connectivity index (χ0v) is 13.0. The van der Waals surface area contributed by atoms with Crippen molar-refractivity contribution >= 4 is 23.2 Å². The van der Waals surface area contributed by atoms with Gasteiger partial charge >= 0.3 is 0 Å². The first kappa shape index (κ1) is 15.2. The van der Waals surface area contributed by atoms with Crippen LogP contribution < -0.4 is 5.73 Å². The van der Waals surface area contributed by atoms with E-state index >= 15 is 0 Å². The van der Waals surface area contributed by atoms with Crippen LogP contribution in [0.4, 0.5) is 10.2 Å². The monoisotopic (exact) mass is 329 g/mol. The van der Waals surface area contributed by atoms with Crippen LogP contribution in [-0.2, 0) is 0 Å². The Morgan fingerprint density at radius 3 is 2.65 bits per heavy atom. The van der Waals surface area contributed by atoms with E-state index in [2.05, 4.69) is 5.10 Å². The van der Waals surface area contributed by atoms with Crippen LogP contribution in [0.25, 0.3) is 5.69 Å². The van der Waals surface area contributed by atoms with E-state index in [1.165, 1.54) is 29.1 Å². The number of rotatable bonds is 3. The smallest absolute Gasteiger partial charge is 0.198 e. The Hall–Kier alpha value is -2.66. The quantitative estimate of drug-likeness (QED) is 0.744. The minimum atomic E-state index is -0.530. The predicted octanol–water partition coefficient (Wildman–Crippen LogP) is 3.79. The van der Waals surface area contributed by atoms with Crippen LogP contribution >= 0.6 is 11.6 Å². The van der Waals surface area contributed by atoms with Crippen LogP contribution in [0.5, 0.6) is 0 Å². The second-order valence-corrected chi connectivity index (χ2v) is 5.50. The molecule has 0 spiro atoms. The van der Waals surface area contributed by atoms with Crippen LogP contribution in [0.15, 0.2) is 48.7 Å². The van der Waals surface area contributed by atoms with E-state index in [0.29, 0.717) is 16.8 Å². The Balaban J connectivity index is 2.04. The summed E-state index contributed by atoms with van der Waals surface area (Å²) in [7, 11) is 0. The highest BCUT2D eigenvalue weighted by molar-refractivity contribution is 6.30. The zero-order valence-electron chi connectivity index (χ0n) is 12.3. The molecule has 3 aromatic rings. The van der Waals surface area contributed by atoms with Crippen molar-refractivity contribution in [3.05, 3.63) is 76.2 Å². The summed E-state index contributed by atoms with van der Waals surface area (Å²) in [6, 6.07) is 11.4. The van der Waals surface area contributed by atoms with E-state index in [4.69, 9.17) is 17.3 Å². The molecule has 1 aromatic heterocycles. The molecule has 0 aliphatic heterocycles. The highest BCUT2D eigenvalue weighted by Gasteiger charge is 2.19. The maximum Gasteiger partial charge on any atom is 0.198 e. The Bertz CT molecular complexity index is 905. The molecule has 3 rings (SSSR count). The molecule has 0 unspecified atom stereocenters. The third kappa shape index (κ3) is 2.71. The van der Waals surface area contributed by atoms with Crippen molar-refractivity contribution < 1.29 is 9.18 Å². The standard InChI is InChI=1S/C17H13ClFN3O/c1-10-4-2-3-5-12(10)16(23)13-9-21-22(17(13)20)11-6-7-15(19)14(18)8-11/h2-9H,20H2,1H3. The zero-order chi connectivity index (χ0) is 16.6. The molecule has 0 fully saturated rings. The molecule has 0 amide bonds. The van der Waals surface area contributed by atoms with Gasteiger partial charge in [0.1, 0.15) is 11.6 Å². The first-order valence-electron chi connectivity index (χ1n) is 6.88. The third-order valence-electron chi connectivity index (χ3n) is 3.59. The van der Waals surface area contributed by atoms with Gasteiger partial charge in [-0.05, 0) is 30.7 Å². The lowest BCUT2D eigenvalue weighted by molar-refractivity contribution is 0.103. The van der Waals surface area contributed by atoms with Crippen LogP contribution in [0.2, 0.25) is 5.02 Å². The molecule has 0 aliphatic rings. The lowest BCUT2D eigenvalue weighted by Gasteiger charge is -2.07. The van der Waals surface area contributed by atoms with Crippen LogP contribution in [0.3, 0.4) is 0 Å². The molecule has 23 heavy (non-hydrogen) atoms. The number of halogens is 2. The molecule has 6 heteroatoms. The molecular formula is C17H13ClFN3O. The molecule has 0 saturated carbocycles. The average Bonchev–Trinajstić information content (AvgIpc) is 2.91. The van der Waals surface area contributed by atoms with E-state index < -0.39 is 5.82 Å². The third-order valence-corrected chi connectivity index (χ3v) is 3.88. The summed E-state index contributed by atoms with van der Waals surface area (Å²) in [6.07, 6.45) is 1.40. The molecule has 116 valence electrons. The van der Waals surface area contributed by atoms with Crippen molar-refractivity contribution in [2.75, 3.05) is 5.73 Å². The predicted molar refractivity (Wildman–Crippen MR) is 87.6 cm³/mol. The number of nitrogen functional groups attached to an aromatic ring is 1. The lowest BCUT2D eigenvalue weighted by Crippen LogP contribution is -2.08. The van der Waals surface area contributed by atoms with Gasteiger partial charge in [0.05, 0.1) is 22.5 Å². The van der Waals surface area contributed by atoms with Gasteiger partial charge < -0.3 is 5.73 Å². The summed E-state index contributed by atoms with van der Waals surface area (Å²) in [5.41, 5.74) is 8.25. The van der Waals surface area contributed by atoms with Gasteiger partial charge in [0, 0.05) is 5.56 Å². The van der Waals surface area contributed by atoms with Gasteiger partial charge in [-0.2, -0.15) is 5.10 Å². The van der Waals surface area contributed by atoms with Crippen molar-refractivity contribution in [1.29, 1.82) is 0 Å². The maximum atomic E-state index is 13.3. The Kier molecular flexibility index (Phi) is 3.88. The van der Waals surface area contributed by atoms with Gasteiger partial charge in [0.2, 0.25) is 0 Å². The molecule has 1 heterocycles. The summed E-state index contributed by atoms with van der Waals surface area (Å²) in [6.45, 7) is 1.85. The van der Waals surface area contributed by atoms with E-state index in [9.17, 15) is 9.18 Å². The van der Waals surface area contributed by atoms with Crippen molar-refractivity contribution in [1.82, 2.24) is 9.78 Å². The largest absolute Gasteiger partial charge is 0.383 e.